The lowest BCUT2D eigenvalue weighted by Crippen LogP contribution is -2.61. The smallest absolute Gasteiger partial charge is 0.325 e. The summed E-state index contributed by atoms with van der Waals surface area (Å²) >= 11 is 16.9. The van der Waals surface area contributed by atoms with Gasteiger partial charge < -0.3 is 20.5 Å². The number of halogens is 3. The van der Waals surface area contributed by atoms with E-state index in [1.54, 1.807) is 26.8 Å². The molecule has 3 amide bonds. The molecule has 4 atom stereocenters. The number of aliphatic hydroxyl groups excluding tert-OH is 1. The zero-order valence-electron chi connectivity index (χ0n) is 25.1. The van der Waals surface area contributed by atoms with Crippen molar-refractivity contribution in [3.63, 3.8) is 0 Å². The summed E-state index contributed by atoms with van der Waals surface area (Å²) in [5.41, 5.74) is 4.54. The van der Waals surface area contributed by atoms with Crippen molar-refractivity contribution in [3.8, 4) is 0 Å². The van der Waals surface area contributed by atoms with Crippen molar-refractivity contribution in [2.24, 2.45) is 5.92 Å². The first-order valence-corrected chi connectivity index (χ1v) is 15.6. The highest BCUT2D eigenvalue weighted by Gasteiger charge is 2.34. The zero-order chi connectivity index (χ0) is 32.6. The fourth-order valence-electron chi connectivity index (χ4n) is 4.68. The zero-order valence-corrected chi connectivity index (χ0v) is 27.4. The number of hydrogen-bond donors (Lipinski definition) is 4. The summed E-state index contributed by atoms with van der Waals surface area (Å²) in [5.74, 6) is -2.21. The van der Waals surface area contributed by atoms with Crippen LogP contribution in [0.15, 0.2) is 42.5 Å². The quantitative estimate of drug-likeness (QED) is 0.206. The number of fused-ring (bicyclic) bond motifs is 1. The molecule has 2 aromatic carbocycles. The van der Waals surface area contributed by atoms with Gasteiger partial charge in [-0.3, -0.25) is 24.2 Å². The molecule has 13 heteroatoms. The van der Waals surface area contributed by atoms with E-state index < -0.39 is 52.4 Å². The molecule has 0 spiro atoms. The third-order valence-electron chi connectivity index (χ3n) is 7.09. The van der Waals surface area contributed by atoms with Gasteiger partial charge in [0.2, 0.25) is 15.6 Å². The minimum Gasteiger partial charge on any atom is -0.460 e. The number of aliphatic hydroxyl groups is 1. The van der Waals surface area contributed by atoms with E-state index in [1.807, 2.05) is 42.5 Å². The van der Waals surface area contributed by atoms with Crippen LogP contribution in [0, 0.1) is 5.92 Å². The SMILES string of the molecule is CC(C)[C@H](NC(=O)CC=Cc1ccc2ccc([C@@H](C)O)cc2c1)C(=O)N[C@@H](C)C(=O)N1CCC[C@@H](C(=O)OCC(Cl)(Cl)Cl)N1. The van der Waals surface area contributed by atoms with E-state index in [2.05, 4.69) is 16.1 Å². The van der Waals surface area contributed by atoms with E-state index in [4.69, 9.17) is 39.5 Å². The second-order valence-electron chi connectivity index (χ2n) is 11.2. The third-order valence-corrected chi connectivity index (χ3v) is 7.42. The van der Waals surface area contributed by atoms with Crippen molar-refractivity contribution >= 4 is 75.3 Å². The number of nitrogens with one attached hydrogen (secondary N) is 3. The van der Waals surface area contributed by atoms with Crippen LogP contribution >= 0.6 is 34.8 Å². The third kappa shape index (κ3) is 10.6. The lowest BCUT2D eigenvalue weighted by Gasteiger charge is -2.34. The standard InChI is InChI=1S/C31H39Cl3N4O6/c1-18(2)27(36-26(40)9-5-7-21-10-11-22-12-13-23(20(4)39)16-24(22)15-21)28(41)35-19(3)29(42)38-14-6-8-25(37-38)30(43)44-17-31(32,33)34/h5,7,10-13,15-16,18-20,25,27,37,39H,6,8-9,14,17H2,1-4H3,(H,35,41)(H,36,40)/t19-,20+,25-,27-/m0/s1. The number of alkyl halides is 3. The minimum atomic E-state index is -1.75. The maximum Gasteiger partial charge on any atom is 0.325 e. The van der Waals surface area contributed by atoms with Crippen molar-refractivity contribution in [3.05, 3.63) is 53.6 Å². The van der Waals surface area contributed by atoms with E-state index in [0.29, 0.717) is 19.4 Å². The van der Waals surface area contributed by atoms with Gasteiger partial charge in [-0.2, -0.15) is 0 Å². The van der Waals surface area contributed by atoms with Gasteiger partial charge in [0.1, 0.15) is 24.7 Å². The number of amides is 3. The van der Waals surface area contributed by atoms with Crippen LogP contribution in [0.4, 0.5) is 0 Å². The van der Waals surface area contributed by atoms with Crippen molar-refractivity contribution in [2.45, 2.75) is 75.0 Å². The molecule has 1 aliphatic rings. The van der Waals surface area contributed by atoms with Crippen molar-refractivity contribution < 1.29 is 29.0 Å². The number of carbonyl (C=O) groups excluding carboxylic acids is 4. The highest BCUT2D eigenvalue weighted by atomic mass is 35.6. The first-order chi connectivity index (χ1) is 20.6. The lowest BCUT2D eigenvalue weighted by atomic mass is 10.0. The molecule has 44 heavy (non-hydrogen) atoms. The van der Waals surface area contributed by atoms with E-state index in [-0.39, 0.29) is 18.2 Å². The minimum absolute atomic E-state index is 0.0458. The summed E-state index contributed by atoms with van der Waals surface area (Å²) < 4.78 is 3.27. The summed E-state index contributed by atoms with van der Waals surface area (Å²) in [6.07, 6.45) is 3.96. The molecule has 0 aliphatic carbocycles. The fraction of sp³-hybridized carbons (Fsp3) is 0.484. The van der Waals surface area contributed by atoms with Crippen LogP contribution in [0.1, 0.15) is 64.2 Å². The van der Waals surface area contributed by atoms with Gasteiger partial charge in [-0.05, 0) is 66.6 Å². The van der Waals surface area contributed by atoms with E-state index in [9.17, 15) is 24.3 Å². The normalized spacial score (nSPS) is 17.8. The van der Waals surface area contributed by atoms with Gasteiger partial charge in [0.25, 0.3) is 5.91 Å². The fourth-order valence-corrected chi connectivity index (χ4v) is 4.85. The van der Waals surface area contributed by atoms with Crippen LogP contribution in [0.3, 0.4) is 0 Å². The molecule has 1 fully saturated rings. The Morgan fingerprint density at radius 3 is 2.43 bits per heavy atom. The molecule has 0 aromatic heterocycles. The Labute approximate surface area is 272 Å². The number of esters is 1. The first kappa shape index (κ1) is 35.6. The molecule has 0 radical (unpaired) electrons. The number of nitrogens with zero attached hydrogens (tertiary/aromatic N) is 1. The molecular weight excluding hydrogens is 631 g/mol. The highest BCUT2D eigenvalue weighted by Crippen LogP contribution is 2.26. The number of hydrazine groups is 1. The number of benzene rings is 2. The number of carbonyl (C=O) groups is 4. The Kier molecular flexibility index (Phi) is 12.9. The van der Waals surface area contributed by atoms with Gasteiger partial charge in [0, 0.05) is 13.0 Å². The van der Waals surface area contributed by atoms with Gasteiger partial charge >= 0.3 is 5.97 Å². The van der Waals surface area contributed by atoms with Crippen molar-refractivity contribution in [1.29, 1.82) is 0 Å². The van der Waals surface area contributed by atoms with Crippen LogP contribution in [-0.4, -0.2) is 68.9 Å². The van der Waals surface area contributed by atoms with E-state index >= 15 is 0 Å². The molecule has 0 unspecified atom stereocenters. The Morgan fingerprint density at radius 2 is 1.77 bits per heavy atom. The van der Waals surface area contributed by atoms with Gasteiger partial charge in [-0.25, -0.2) is 5.43 Å². The van der Waals surface area contributed by atoms with Gasteiger partial charge in [-0.15, -0.1) is 0 Å². The van der Waals surface area contributed by atoms with Gasteiger partial charge in [0.05, 0.1) is 6.10 Å². The predicted molar refractivity (Wildman–Crippen MR) is 172 cm³/mol. The Bertz CT molecular complexity index is 1380. The number of ether oxygens (including phenoxy) is 1. The van der Waals surface area contributed by atoms with Crippen molar-refractivity contribution in [2.75, 3.05) is 13.2 Å². The molecule has 1 saturated heterocycles. The molecule has 1 heterocycles. The molecule has 4 N–H and O–H groups in total. The summed E-state index contributed by atoms with van der Waals surface area (Å²) in [6.45, 7) is 6.73. The number of hydrogen-bond acceptors (Lipinski definition) is 7. The molecular formula is C31H39Cl3N4O6. The van der Waals surface area contributed by atoms with Crippen LogP contribution in [0.2, 0.25) is 0 Å². The van der Waals surface area contributed by atoms with Gasteiger partial charge in [-0.1, -0.05) is 85.1 Å². The maximum absolute atomic E-state index is 13.1. The van der Waals surface area contributed by atoms with Crippen LogP contribution < -0.4 is 16.1 Å². The van der Waals surface area contributed by atoms with Gasteiger partial charge in [0.15, 0.2) is 0 Å². The van der Waals surface area contributed by atoms with Crippen LogP contribution in [-0.2, 0) is 23.9 Å². The molecule has 10 nitrogen and oxygen atoms in total. The second kappa shape index (κ2) is 15.9. The molecule has 0 saturated carbocycles. The van der Waals surface area contributed by atoms with E-state index in [1.165, 1.54) is 11.9 Å². The maximum atomic E-state index is 13.1. The van der Waals surface area contributed by atoms with Crippen LogP contribution in [0.5, 0.6) is 0 Å². The summed E-state index contributed by atoms with van der Waals surface area (Å²) in [6, 6.07) is 9.05. The van der Waals surface area contributed by atoms with E-state index in [0.717, 1.165) is 21.9 Å². The molecule has 2 aromatic rings. The summed E-state index contributed by atoms with van der Waals surface area (Å²) in [5, 5.41) is 18.6. The average molecular weight is 670 g/mol. The molecule has 240 valence electrons. The molecule has 3 rings (SSSR count). The highest BCUT2D eigenvalue weighted by molar-refractivity contribution is 6.67. The first-order valence-electron chi connectivity index (χ1n) is 14.4. The largest absolute Gasteiger partial charge is 0.460 e. The predicted octanol–water partition coefficient (Wildman–Crippen LogP) is 4.35. The Balaban J connectivity index is 1.53. The van der Waals surface area contributed by atoms with Crippen molar-refractivity contribution in [1.82, 2.24) is 21.1 Å². The Morgan fingerprint density at radius 1 is 1.07 bits per heavy atom. The summed E-state index contributed by atoms with van der Waals surface area (Å²) in [7, 11) is 0. The van der Waals surface area contributed by atoms with Crippen LogP contribution in [0.25, 0.3) is 16.8 Å². The summed E-state index contributed by atoms with van der Waals surface area (Å²) in [4.78, 5) is 51.3. The second-order valence-corrected chi connectivity index (χ2v) is 13.7. The number of rotatable bonds is 11. The lowest BCUT2D eigenvalue weighted by molar-refractivity contribution is -0.152. The Hall–Kier alpha value is -2.89. The monoisotopic (exact) mass is 668 g/mol. The topological polar surface area (TPSA) is 137 Å². The molecule has 0 bridgehead atoms. The average Bonchev–Trinajstić information content (AvgIpc) is 2.97. The molecule has 1 aliphatic heterocycles.